The molecule has 1 N–H and O–H groups in total. The van der Waals surface area contributed by atoms with Gasteiger partial charge in [0.1, 0.15) is 5.82 Å². The number of thioether (sulfide) groups is 1. The number of amides is 2. The second-order valence-electron chi connectivity index (χ2n) is 8.29. The van der Waals surface area contributed by atoms with Gasteiger partial charge in [0.2, 0.25) is 5.91 Å². The molecule has 0 atom stereocenters. The summed E-state index contributed by atoms with van der Waals surface area (Å²) in [5.74, 6) is 0.366. The third kappa shape index (κ3) is 5.15. The van der Waals surface area contributed by atoms with Gasteiger partial charge in [-0.05, 0) is 37.0 Å². The Kier molecular flexibility index (Phi) is 7.15. The molecular weight excluding hydrogens is 425 g/mol. The highest BCUT2D eigenvalue weighted by molar-refractivity contribution is 8.00. The summed E-state index contributed by atoms with van der Waals surface area (Å²) in [6.45, 7) is 4.87. The quantitative estimate of drug-likeness (QED) is 0.534. The van der Waals surface area contributed by atoms with Crippen LogP contribution in [0.2, 0.25) is 0 Å². The zero-order chi connectivity index (χ0) is 22.5. The summed E-state index contributed by atoms with van der Waals surface area (Å²) < 4.78 is 15.9. The van der Waals surface area contributed by atoms with Crippen LogP contribution < -0.4 is 5.32 Å². The Morgan fingerprint density at radius 3 is 2.59 bits per heavy atom. The lowest BCUT2D eigenvalue weighted by atomic mass is 9.99. The fraction of sp³-hybridized carbons (Fsp3) is 0.360. The van der Waals surface area contributed by atoms with Gasteiger partial charge in [0.25, 0.3) is 5.91 Å². The first kappa shape index (κ1) is 22.4. The van der Waals surface area contributed by atoms with Crippen molar-refractivity contribution in [2.24, 2.45) is 5.92 Å². The molecule has 0 radical (unpaired) electrons. The number of carbonyl (C=O) groups is 2. The lowest BCUT2D eigenvalue weighted by molar-refractivity contribution is -0.129. The van der Waals surface area contributed by atoms with Crippen molar-refractivity contribution in [3.05, 3.63) is 66.1 Å². The van der Waals surface area contributed by atoms with Crippen LogP contribution in [0.3, 0.4) is 0 Å². The van der Waals surface area contributed by atoms with Crippen LogP contribution in [-0.2, 0) is 11.3 Å². The molecule has 1 aliphatic rings. The van der Waals surface area contributed by atoms with Crippen molar-refractivity contribution < 1.29 is 14.0 Å². The van der Waals surface area contributed by atoms with E-state index in [9.17, 15) is 14.0 Å². The average Bonchev–Trinajstić information content (AvgIpc) is 3.16. The van der Waals surface area contributed by atoms with Gasteiger partial charge in [-0.25, -0.2) is 4.39 Å². The molecule has 3 aromatic rings. The van der Waals surface area contributed by atoms with Crippen LogP contribution in [0, 0.1) is 11.7 Å². The van der Waals surface area contributed by atoms with Gasteiger partial charge < -0.3 is 14.8 Å². The molecular formula is C25H28FN3O2S. The van der Waals surface area contributed by atoms with Crippen LogP contribution in [-0.4, -0.2) is 46.7 Å². The van der Waals surface area contributed by atoms with Crippen LogP contribution in [0.25, 0.3) is 10.9 Å². The molecule has 32 heavy (non-hydrogen) atoms. The van der Waals surface area contributed by atoms with E-state index >= 15 is 0 Å². The molecule has 1 aliphatic heterocycles. The van der Waals surface area contributed by atoms with Crippen molar-refractivity contribution in [1.29, 1.82) is 0 Å². The molecule has 0 aliphatic carbocycles. The Bertz CT molecular complexity index is 1110. The number of hydrogen-bond acceptors (Lipinski definition) is 3. The van der Waals surface area contributed by atoms with Gasteiger partial charge in [-0.15, -0.1) is 11.8 Å². The van der Waals surface area contributed by atoms with E-state index in [4.69, 9.17) is 0 Å². The van der Waals surface area contributed by atoms with E-state index in [1.807, 2.05) is 29.3 Å². The fourth-order valence-corrected chi connectivity index (χ4v) is 5.02. The van der Waals surface area contributed by atoms with E-state index in [-0.39, 0.29) is 11.5 Å². The van der Waals surface area contributed by atoms with Gasteiger partial charge >= 0.3 is 0 Å². The lowest BCUT2D eigenvalue weighted by Crippen LogP contribution is -2.38. The maximum atomic E-state index is 13.8. The molecule has 0 saturated carbocycles. The van der Waals surface area contributed by atoms with Gasteiger partial charge in [0.15, 0.2) is 0 Å². The van der Waals surface area contributed by atoms with Gasteiger partial charge in [-0.2, -0.15) is 0 Å². The number of para-hydroxylation sites is 1. The highest BCUT2D eigenvalue weighted by atomic mass is 32.2. The molecule has 1 fully saturated rings. The van der Waals surface area contributed by atoms with Crippen molar-refractivity contribution in [3.63, 3.8) is 0 Å². The van der Waals surface area contributed by atoms with E-state index in [0.29, 0.717) is 24.8 Å². The predicted molar refractivity (Wildman–Crippen MR) is 126 cm³/mol. The van der Waals surface area contributed by atoms with Crippen LogP contribution in [0.1, 0.15) is 30.1 Å². The minimum atomic E-state index is -0.525. The van der Waals surface area contributed by atoms with Crippen molar-refractivity contribution in [3.8, 4) is 0 Å². The third-order valence-corrected chi connectivity index (χ3v) is 7.02. The van der Waals surface area contributed by atoms with E-state index in [1.165, 1.54) is 12.1 Å². The molecule has 0 spiro atoms. The van der Waals surface area contributed by atoms with Gasteiger partial charge in [-0.3, -0.25) is 9.59 Å². The van der Waals surface area contributed by atoms with Crippen LogP contribution >= 0.6 is 11.8 Å². The van der Waals surface area contributed by atoms with Gasteiger partial charge in [0.05, 0.1) is 11.3 Å². The molecule has 168 valence electrons. The predicted octanol–water partition coefficient (Wildman–Crippen LogP) is 4.56. The number of hydrogen-bond donors (Lipinski definition) is 1. The van der Waals surface area contributed by atoms with Crippen molar-refractivity contribution in [2.75, 3.05) is 25.4 Å². The minimum absolute atomic E-state index is 0.0479. The molecule has 0 bridgehead atoms. The van der Waals surface area contributed by atoms with Crippen molar-refractivity contribution in [2.45, 2.75) is 31.2 Å². The molecule has 7 heteroatoms. The summed E-state index contributed by atoms with van der Waals surface area (Å²) in [5, 5.41) is 3.89. The third-order valence-electron chi connectivity index (χ3n) is 6.00. The second-order valence-corrected chi connectivity index (χ2v) is 9.31. The Balaban J connectivity index is 1.38. The van der Waals surface area contributed by atoms with Crippen LogP contribution in [0.4, 0.5) is 4.39 Å². The largest absolute Gasteiger partial charge is 0.350 e. The summed E-state index contributed by atoms with van der Waals surface area (Å²) in [6.07, 6.45) is 4.19. The van der Waals surface area contributed by atoms with Crippen LogP contribution in [0.15, 0.2) is 59.6 Å². The first-order valence-corrected chi connectivity index (χ1v) is 12.0. The zero-order valence-corrected chi connectivity index (χ0v) is 19.0. The number of fused-ring (bicyclic) bond motifs is 1. The Hall–Kier alpha value is -2.80. The average molecular weight is 454 g/mol. The molecule has 2 amide bonds. The zero-order valence-electron chi connectivity index (χ0n) is 18.2. The monoisotopic (exact) mass is 453 g/mol. The molecule has 4 rings (SSSR count). The number of nitrogens with one attached hydrogen (secondary N) is 1. The van der Waals surface area contributed by atoms with E-state index in [0.717, 1.165) is 41.7 Å². The summed E-state index contributed by atoms with van der Waals surface area (Å²) in [4.78, 5) is 27.9. The van der Waals surface area contributed by atoms with Gasteiger partial charge in [-0.1, -0.05) is 37.3 Å². The lowest BCUT2D eigenvalue weighted by Gasteiger charge is -2.30. The standard InChI is InChI=1S/C25H28FN3O2S/c1-18-10-13-28(14-11-18)24(30)17-32-23-16-29(22-9-5-3-7-20(22)23)15-12-27-25(31)19-6-2-4-8-21(19)26/h2-9,16,18H,10-15,17H2,1H3,(H,27,31). The normalized spacial score (nSPS) is 14.6. The molecule has 5 nitrogen and oxygen atoms in total. The Morgan fingerprint density at radius 1 is 1.09 bits per heavy atom. The number of benzene rings is 2. The van der Waals surface area contributed by atoms with Crippen LogP contribution in [0.5, 0.6) is 0 Å². The fourth-order valence-electron chi connectivity index (χ4n) is 4.03. The minimum Gasteiger partial charge on any atom is -0.350 e. The Morgan fingerprint density at radius 2 is 1.81 bits per heavy atom. The number of nitrogens with zero attached hydrogens (tertiary/aromatic N) is 2. The highest BCUT2D eigenvalue weighted by Gasteiger charge is 2.21. The summed E-state index contributed by atoms with van der Waals surface area (Å²) in [7, 11) is 0. The number of rotatable bonds is 7. The summed E-state index contributed by atoms with van der Waals surface area (Å²) in [6, 6.07) is 14.0. The van der Waals surface area contributed by atoms with E-state index in [1.54, 1.807) is 23.9 Å². The SMILES string of the molecule is CC1CCN(C(=O)CSc2cn(CCNC(=O)c3ccccc3F)c3ccccc23)CC1. The molecule has 2 aromatic carbocycles. The molecule has 0 unspecified atom stereocenters. The van der Waals surface area contributed by atoms with Crippen molar-refractivity contribution in [1.82, 2.24) is 14.8 Å². The maximum Gasteiger partial charge on any atom is 0.254 e. The summed E-state index contributed by atoms with van der Waals surface area (Å²) >= 11 is 1.56. The molecule has 2 heterocycles. The molecule has 1 aromatic heterocycles. The van der Waals surface area contributed by atoms with Gasteiger partial charge in [0, 0.05) is 48.2 Å². The van der Waals surface area contributed by atoms with Crippen molar-refractivity contribution >= 4 is 34.5 Å². The topological polar surface area (TPSA) is 54.3 Å². The number of halogens is 1. The second kappa shape index (κ2) is 10.2. The number of aromatic nitrogens is 1. The van der Waals surface area contributed by atoms with E-state index in [2.05, 4.69) is 22.9 Å². The number of carbonyl (C=O) groups excluding carboxylic acids is 2. The highest BCUT2D eigenvalue weighted by Crippen LogP contribution is 2.30. The Labute approximate surface area is 192 Å². The first-order chi connectivity index (χ1) is 15.5. The molecule has 1 saturated heterocycles. The van der Waals surface area contributed by atoms with E-state index < -0.39 is 11.7 Å². The summed E-state index contributed by atoms with van der Waals surface area (Å²) in [5.41, 5.74) is 1.10. The smallest absolute Gasteiger partial charge is 0.254 e. The number of piperidine rings is 1. The maximum absolute atomic E-state index is 13.8. The number of likely N-dealkylation sites (tertiary alicyclic amines) is 1. The first-order valence-electron chi connectivity index (χ1n) is 11.0.